The van der Waals surface area contributed by atoms with E-state index in [-0.39, 0.29) is 23.3 Å². The van der Waals surface area contributed by atoms with Crippen LogP contribution in [0.1, 0.15) is 16.5 Å². The second-order valence-electron chi connectivity index (χ2n) is 6.52. The molecule has 0 bridgehead atoms. The zero-order valence-electron chi connectivity index (χ0n) is 16.5. The Morgan fingerprint density at radius 3 is 2.41 bits per heavy atom. The van der Waals surface area contributed by atoms with Crippen molar-refractivity contribution in [1.82, 2.24) is 10.2 Å². The normalized spacial score (nSPS) is 16.0. The van der Waals surface area contributed by atoms with Gasteiger partial charge in [-0.05, 0) is 29.1 Å². The Morgan fingerprint density at radius 1 is 1.17 bits per heavy atom. The van der Waals surface area contributed by atoms with Crippen molar-refractivity contribution in [2.75, 3.05) is 47.1 Å². The minimum atomic E-state index is -2.96. The third-order valence-electron chi connectivity index (χ3n) is 4.75. The molecule has 1 aliphatic rings. The van der Waals surface area contributed by atoms with E-state index in [0.29, 0.717) is 6.54 Å². The number of benzene rings is 1. The Bertz CT molecular complexity index is 730. The maximum atomic E-state index is 12.7. The van der Waals surface area contributed by atoms with Crippen LogP contribution in [0.3, 0.4) is 0 Å². The maximum absolute atomic E-state index is 12.7. The number of ether oxygens (including phenoxy) is 4. The van der Waals surface area contributed by atoms with Crippen LogP contribution >= 0.6 is 11.3 Å². The SMILES string of the molecule is COc1cc(CNCC(c2cccs2)N2CCOCC2)cc(OC)c1OC(F)F. The predicted octanol–water partition coefficient (Wildman–Crippen LogP) is 3.53. The number of thiophene rings is 1. The van der Waals surface area contributed by atoms with E-state index in [2.05, 4.69) is 32.5 Å². The topological polar surface area (TPSA) is 52.2 Å². The van der Waals surface area contributed by atoms with Gasteiger partial charge in [0.15, 0.2) is 11.5 Å². The minimum absolute atomic E-state index is 0.0986. The highest BCUT2D eigenvalue weighted by molar-refractivity contribution is 7.10. The third kappa shape index (κ3) is 5.79. The average molecular weight is 429 g/mol. The standard InChI is InChI=1S/C20H26F2N2O4S/c1-25-16-10-14(11-17(26-2)19(16)28-20(21)22)12-23-13-15(18-4-3-9-29-18)24-5-7-27-8-6-24/h3-4,9-11,15,20,23H,5-8,12-13H2,1-2H3. The van der Waals surface area contributed by atoms with E-state index in [4.69, 9.17) is 14.2 Å². The summed E-state index contributed by atoms with van der Waals surface area (Å²) >= 11 is 1.74. The van der Waals surface area contributed by atoms with Crippen molar-refractivity contribution in [2.24, 2.45) is 0 Å². The summed E-state index contributed by atoms with van der Waals surface area (Å²) in [5, 5.41) is 5.56. The van der Waals surface area contributed by atoms with Crippen LogP contribution in [0.15, 0.2) is 29.6 Å². The highest BCUT2D eigenvalue weighted by Gasteiger charge is 2.23. The summed E-state index contributed by atoms with van der Waals surface area (Å²) in [5.74, 6) is 0.326. The molecule has 1 unspecified atom stereocenters. The van der Waals surface area contributed by atoms with Crippen LogP contribution in [0, 0.1) is 0 Å². The molecule has 160 valence electrons. The number of methoxy groups -OCH3 is 2. The van der Waals surface area contributed by atoms with Gasteiger partial charge in [-0.15, -0.1) is 11.3 Å². The fraction of sp³-hybridized carbons (Fsp3) is 0.500. The van der Waals surface area contributed by atoms with E-state index in [0.717, 1.165) is 38.4 Å². The quantitative estimate of drug-likeness (QED) is 0.625. The predicted molar refractivity (Wildman–Crippen MR) is 107 cm³/mol. The van der Waals surface area contributed by atoms with Gasteiger partial charge in [-0.25, -0.2) is 0 Å². The van der Waals surface area contributed by atoms with Crippen LogP contribution in [0.25, 0.3) is 0 Å². The summed E-state index contributed by atoms with van der Waals surface area (Å²) in [6.07, 6.45) is 0. The Morgan fingerprint density at radius 2 is 1.86 bits per heavy atom. The number of nitrogens with one attached hydrogen (secondary N) is 1. The summed E-state index contributed by atoms with van der Waals surface area (Å²) in [5.41, 5.74) is 0.854. The molecule has 1 fully saturated rings. The van der Waals surface area contributed by atoms with Crippen molar-refractivity contribution in [1.29, 1.82) is 0 Å². The molecule has 9 heteroatoms. The van der Waals surface area contributed by atoms with Gasteiger partial charge in [-0.2, -0.15) is 8.78 Å². The minimum Gasteiger partial charge on any atom is -0.493 e. The van der Waals surface area contributed by atoms with E-state index in [1.54, 1.807) is 23.5 Å². The molecule has 1 saturated heterocycles. The summed E-state index contributed by atoms with van der Waals surface area (Å²) in [7, 11) is 2.82. The molecule has 0 aliphatic carbocycles. The van der Waals surface area contributed by atoms with Gasteiger partial charge in [0.2, 0.25) is 5.75 Å². The van der Waals surface area contributed by atoms with E-state index >= 15 is 0 Å². The number of morpholine rings is 1. The number of alkyl halides is 2. The van der Waals surface area contributed by atoms with Crippen molar-refractivity contribution in [2.45, 2.75) is 19.2 Å². The molecule has 0 spiro atoms. The van der Waals surface area contributed by atoms with Crippen molar-refractivity contribution in [3.63, 3.8) is 0 Å². The molecule has 29 heavy (non-hydrogen) atoms. The maximum Gasteiger partial charge on any atom is 0.387 e. The molecular formula is C20H26F2N2O4S. The molecule has 2 aromatic rings. The van der Waals surface area contributed by atoms with Crippen molar-refractivity contribution in [3.8, 4) is 17.2 Å². The number of nitrogens with zero attached hydrogens (tertiary/aromatic N) is 1. The zero-order valence-corrected chi connectivity index (χ0v) is 17.3. The average Bonchev–Trinajstić information content (AvgIpc) is 3.26. The molecule has 3 rings (SSSR count). The smallest absolute Gasteiger partial charge is 0.387 e. The van der Waals surface area contributed by atoms with E-state index < -0.39 is 6.61 Å². The van der Waals surface area contributed by atoms with E-state index in [9.17, 15) is 8.78 Å². The third-order valence-corrected chi connectivity index (χ3v) is 5.73. The van der Waals surface area contributed by atoms with Gasteiger partial charge in [0, 0.05) is 31.1 Å². The lowest BCUT2D eigenvalue weighted by Crippen LogP contribution is -2.42. The van der Waals surface area contributed by atoms with Gasteiger partial charge in [-0.3, -0.25) is 4.90 Å². The Hall–Kier alpha value is -1.94. The molecule has 0 amide bonds. The second-order valence-corrected chi connectivity index (χ2v) is 7.50. The van der Waals surface area contributed by atoms with Crippen molar-refractivity contribution < 1.29 is 27.7 Å². The Kier molecular flexibility index (Phi) is 8.05. The van der Waals surface area contributed by atoms with Crippen LogP contribution in [-0.2, 0) is 11.3 Å². The first-order valence-electron chi connectivity index (χ1n) is 9.38. The summed E-state index contributed by atoms with van der Waals surface area (Å²) in [6.45, 7) is 1.59. The van der Waals surface area contributed by atoms with Crippen LogP contribution in [0.2, 0.25) is 0 Å². The molecule has 2 heterocycles. The van der Waals surface area contributed by atoms with Gasteiger partial charge in [0.25, 0.3) is 0 Å². The fourth-order valence-corrected chi connectivity index (χ4v) is 4.24. The number of hydrogen-bond donors (Lipinski definition) is 1. The first-order chi connectivity index (χ1) is 14.1. The van der Waals surface area contributed by atoms with Crippen LogP contribution in [0.5, 0.6) is 17.2 Å². The number of hydrogen-bond acceptors (Lipinski definition) is 7. The van der Waals surface area contributed by atoms with Gasteiger partial charge >= 0.3 is 6.61 Å². The Balaban J connectivity index is 1.69. The van der Waals surface area contributed by atoms with Crippen LogP contribution in [-0.4, -0.2) is 58.6 Å². The Labute approximate surface area is 173 Å². The monoisotopic (exact) mass is 428 g/mol. The molecule has 1 aliphatic heterocycles. The van der Waals surface area contributed by atoms with Crippen LogP contribution < -0.4 is 19.5 Å². The second kappa shape index (κ2) is 10.7. The first kappa shape index (κ1) is 21.8. The van der Waals surface area contributed by atoms with E-state index in [1.807, 2.05) is 0 Å². The van der Waals surface area contributed by atoms with Gasteiger partial charge in [0.05, 0.1) is 33.5 Å². The molecule has 0 saturated carbocycles. The summed E-state index contributed by atoms with van der Waals surface area (Å²) < 4.78 is 45.9. The molecule has 6 nitrogen and oxygen atoms in total. The lowest BCUT2D eigenvalue weighted by atomic mass is 10.1. The largest absolute Gasteiger partial charge is 0.493 e. The zero-order chi connectivity index (χ0) is 20.6. The van der Waals surface area contributed by atoms with Gasteiger partial charge < -0.3 is 24.3 Å². The van der Waals surface area contributed by atoms with Gasteiger partial charge in [-0.1, -0.05) is 6.07 Å². The first-order valence-corrected chi connectivity index (χ1v) is 10.3. The highest BCUT2D eigenvalue weighted by atomic mass is 32.1. The van der Waals surface area contributed by atoms with Crippen molar-refractivity contribution in [3.05, 3.63) is 40.1 Å². The number of halogens is 2. The number of rotatable bonds is 10. The summed E-state index contributed by atoms with van der Waals surface area (Å²) in [6, 6.07) is 7.83. The van der Waals surface area contributed by atoms with Crippen molar-refractivity contribution >= 4 is 11.3 Å². The lowest BCUT2D eigenvalue weighted by molar-refractivity contribution is -0.0526. The molecule has 0 radical (unpaired) electrons. The molecule has 1 atom stereocenters. The van der Waals surface area contributed by atoms with E-state index in [1.165, 1.54) is 19.1 Å². The highest BCUT2D eigenvalue weighted by Crippen LogP contribution is 2.39. The van der Waals surface area contributed by atoms with Gasteiger partial charge in [0.1, 0.15) is 0 Å². The summed E-state index contributed by atoms with van der Waals surface area (Å²) in [4.78, 5) is 3.72. The molecule has 1 N–H and O–H groups in total. The fourth-order valence-electron chi connectivity index (χ4n) is 3.37. The molecule has 1 aromatic carbocycles. The molecule has 1 aromatic heterocycles. The molecular weight excluding hydrogens is 402 g/mol. The lowest BCUT2D eigenvalue weighted by Gasteiger charge is -2.34. The van der Waals surface area contributed by atoms with Crippen LogP contribution in [0.4, 0.5) is 8.78 Å².